The van der Waals surface area contributed by atoms with Gasteiger partial charge < -0.3 is 19.5 Å². The molecule has 0 saturated carbocycles. The van der Waals surface area contributed by atoms with Gasteiger partial charge in [0.05, 0.1) is 13.2 Å². The summed E-state index contributed by atoms with van der Waals surface area (Å²) in [7, 11) is 0. The quantitative estimate of drug-likeness (QED) is 0.666. The number of fused-ring (bicyclic) bond motifs is 1. The first-order valence-corrected chi connectivity index (χ1v) is 10.7. The second kappa shape index (κ2) is 8.91. The topological polar surface area (TPSA) is 68.1 Å². The summed E-state index contributed by atoms with van der Waals surface area (Å²) in [6, 6.07) is 17.9. The van der Waals surface area contributed by atoms with Crippen LogP contribution in [-0.2, 0) is 20.9 Å². The van der Waals surface area contributed by atoms with Gasteiger partial charge in [-0.05, 0) is 29.8 Å². The van der Waals surface area contributed by atoms with Crippen LogP contribution in [-0.4, -0.2) is 53.9 Å². The molecule has 3 aromatic rings. The molecule has 2 aliphatic heterocycles. The van der Waals surface area contributed by atoms with Gasteiger partial charge in [-0.25, -0.2) is 0 Å². The van der Waals surface area contributed by atoms with Crippen LogP contribution >= 0.6 is 0 Å². The number of carbonyl (C=O) groups excluding carboxylic acids is 1. The van der Waals surface area contributed by atoms with E-state index < -0.39 is 0 Å². The first-order valence-electron chi connectivity index (χ1n) is 10.7. The first-order chi connectivity index (χ1) is 15.3. The Kier molecular flexibility index (Phi) is 5.69. The zero-order chi connectivity index (χ0) is 21.0. The zero-order valence-corrected chi connectivity index (χ0v) is 17.4. The molecular weight excluding hydrogens is 392 g/mol. The SMILES string of the molecule is O=C(Nc1ccc2c(ccn2CCN2CCOCC2)c1)C1=NOC(c2ccccc2)C1. The number of carbonyl (C=O) groups is 1. The number of rotatable bonds is 6. The van der Waals surface area contributed by atoms with Crippen molar-refractivity contribution in [1.82, 2.24) is 9.47 Å². The van der Waals surface area contributed by atoms with Crippen molar-refractivity contribution in [3.05, 3.63) is 66.4 Å². The van der Waals surface area contributed by atoms with Crippen molar-refractivity contribution in [3.63, 3.8) is 0 Å². The van der Waals surface area contributed by atoms with Crippen molar-refractivity contribution in [2.45, 2.75) is 19.1 Å². The lowest BCUT2D eigenvalue weighted by Crippen LogP contribution is -2.38. The fourth-order valence-corrected chi connectivity index (χ4v) is 4.11. The third kappa shape index (κ3) is 4.47. The van der Waals surface area contributed by atoms with E-state index in [1.807, 2.05) is 42.5 Å². The smallest absolute Gasteiger partial charge is 0.273 e. The van der Waals surface area contributed by atoms with Gasteiger partial charge >= 0.3 is 0 Å². The van der Waals surface area contributed by atoms with Crippen LogP contribution in [0.15, 0.2) is 65.9 Å². The summed E-state index contributed by atoms with van der Waals surface area (Å²) >= 11 is 0. The molecule has 2 aliphatic rings. The standard InChI is InChI=1S/C24H26N4O3/c29-24(21-17-23(31-26-21)18-4-2-1-3-5-18)25-20-6-7-22-19(16-20)8-9-28(22)11-10-27-12-14-30-15-13-27/h1-9,16,23H,10-15,17H2,(H,25,29). The summed E-state index contributed by atoms with van der Waals surface area (Å²) in [5.74, 6) is -0.218. The van der Waals surface area contributed by atoms with Crippen LogP contribution in [0.3, 0.4) is 0 Å². The Balaban J connectivity index is 1.20. The summed E-state index contributed by atoms with van der Waals surface area (Å²) in [5, 5.41) is 8.07. The Labute approximate surface area is 181 Å². The maximum atomic E-state index is 12.7. The molecule has 1 amide bonds. The van der Waals surface area contributed by atoms with Crippen LogP contribution in [0.4, 0.5) is 5.69 Å². The molecule has 160 valence electrons. The molecule has 3 heterocycles. The highest BCUT2D eigenvalue weighted by molar-refractivity contribution is 6.43. The van der Waals surface area contributed by atoms with E-state index in [-0.39, 0.29) is 12.0 Å². The number of aromatic nitrogens is 1. The molecule has 1 atom stereocenters. The lowest BCUT2D eigenvalue weighted by molar-refractivity contribution is -0.110. The van der Waals surface area contributed by atoms with Gasteiger partial charge in [-0.1, -0.05) is 35.5 Å². The van der Waals surface area contributed by atoms with E-state index in [1.54, 1.807) is 0 Å². The Morgan fingerprint density at radius 2 is 1.90 bits per heavy atom. The van der Waals surface area contributed by atoms with Crippen molar-refractivity contribution in [2.24, 2.45) is 5.16 Å². The molecule has 7 nitrogen and oxygen atoms in total. The fraction of sp³-hybridized carbons (Fsp3) is 0.333. The van der Waals surface area contributed by atoms with E-state index in [0.717, 1.165) is 61.5 Å². The number of amides is 1. The minimum atomic E-state index is -0.218. The third-order valence-electron chi connectivity index (χ3n) is 5.89. The van der Waals surface area contributed by atoms with Gasteiger partial charge in [0.2, 0.25) is 0 Å². The molecule has 0 spiro atoms. The number of hydrogen-bond acceptors (Lipinski definition) is 5. The number of hydrogen-bond donors (Lipinski definition) is 1. The second-order valence-corrected chi connectivity index (χ2v) is 7.94. The van der Waals surface area contributed by atoms with Gasteiger partial charge in [0.1, 0.15) is 5.71 Å². The van der Waals surface area contributed by atoms with Gasteiger partial charge in [-0.2, -0.15) is 0 Å². The summed E-state index contributed by atoms with van der Waals surface area (Å²) in [6.07, 6.45) is 2.37. The third-order valence-corrected chi connectivity index (χ3v) is 5.89. The molecule has 5 rings (SSSR count). The average Bonchev–Trinajstić information content (AvgIpc) is 3.46. The van der Waals surface area contributed by atoms with E-state index in [1.165, 1.54) is 0 Å². The Morgan fingerprint density at radius 1 is 1.06 bits per heavy atom. The highest BCUT2D eigenvalue weighted by Gasteiger charge is 2.27. The minimum Gasteiger partial charge on any atom is -0.387 e. The maximum Gasteiger partial charge on any atom is 0.273 e. The molecule has 31 heavy (non-hydrogen) atoms. The number of oxime groups is 1. The number of benzene rings is 2. The fourth-order valence-electron chi connectivity index (χ4n) is 4.11. The maximum absolute atomic E-state index is 12.7. The van der Waals surface area contributed by atoms with Crippen molar-refractivity contribution in [1.29, 1.82) is 0 Å². The summed E-state index contributed by atoms with van der Waals surface area (Å²) in [4.78, 5) is 20.6. The number of ether oxygens (including phenoxy) is 1. The first kappa shape index (κ1) is 19.8. The lowest BCUT2D eigenvalue weighted by Gasteiger charge is -2.26. The van der Waals surface area contributed by atoms with Crippen molar-refractivity contribution in [3.8, 4) is 0 Å². The molecule has 1 N–H and O–H groups in total. The number of nitrogens with one attached hydrogen (secondary N) is 1. The van der Waals surface area contributed by atoms with Crippen molar-refractivity contribution in [2.75, 3.05) is 38.2 Å². The highest BCUT2D eigenvalue weighted by Crippen LogP contribution is 2.28. The van der Waals surface area contributed by atoms with E-state index in [9.17, 15) is 4.79 Å². The summed E-state index contributed by atoms with van der Waals surface area (Å²) in [5.41, 5.74) is 3.36. The van der Waals surface area contributed by atoms with Crippen LogP contribution in [0.25, 0.3) is 10.9 Å². The second-order valence-electron chi connectivity index (χ2n) is 7.94. The molecule has 1 saturated heterocycles. The Hall–Kier alpha value is -3.16. The largest absolute Gasteiger partial charge is 0.387 e. The van der Waals surface area contributed by atoms with Crippen LogP contribution < -0.4 is 5.32 Å². The van der Waals surface area contributed by atoms with E-state index >= 15 is 0 Å². The summed E-state index contributed by atoms with van der Waals surface area (Å²) in [6.45, 7) is 5.57. The zero-order valence-electron chi connectivity index (χ0n) is 17.4. The molecule has 2 aromatic carbocycles. The van der Waals surface area contributed by atoms with Gasteiger partial charge in [0.25, 0.3) is 5.91 Å². The molecule has 1 unspecified atom stereocenters. The van der Waals surface area contributed by atoms with Crippen LogP contribution in [0.5, 0.6) is 0 Å². The number of morpholine rings is 1. The normalized spacial score (nSPS) is 19.2. The van der Waals surface area contributed by atoms with Crippen molar-refractivity contribution < 1.29 is 14.4 Å². The van der Waals surface area contributed by atoms with Gasteiger partial charge in [0.15, 0.2) is 6.10 Å². The van der Waals surface area contributed by atoms with Gasteiger partial charge in [-0.15, -0.1) is 0 Å². The lowest BCUT2D eigenvalue weighted by atomic mass is 10.0. The van der Waals surface area contributed by atoms with Crippen LogP contribution in [0.2, 0.25) is 0 Å². The molecule has 1 aromatic heterocycles. The van der Waals surface area contributed by atoms with E-state index in [0.29, 0.717) is 12.1 Å². The predicted octanol–water partition coefficient (Wildman–Crippen LogP) is 3.43. The Bertz CT molecular complexity index is 1090. The number of nitrogens with zero attached hydrogens (tertiary/aromatic N) is 3. The predicted molar refractivity (Wildman–Crippen MR) is 120 cm³/mol. The molecule has 1 fully saturated rings. The number of anilines is 1. The molecular formula is C24H26N4O3. The Morgan fingerprint density at radius 3 is 2.74 bits per heavy atom. The van der Waals surface area contributed by atoms with Crippen LogP contribution in [0.1, 0.15) is 18.1 Å². The average molecular weight is 418 g/mol. The molecule has 7 heteroatoms. The van der Waals surface area contributed by atoms with Gasteiger partial charge in [-0.3, -0.25) is 9.69 Å². The molecule has 0 aliphatic carbocycles. The molecule has 0 radical (unpaired) electrons. The van der Waals surface area contributed by atoms with Crippen molar-refractivity contribution >= 4 is 28.2 Å². The monoisotopic (exact) mass is 418 g/mol. The highest BCUT2D eigenvalue weighted by atomic mass is 16.6. The minimum absolute atomic E-state index is 0.204. The van der Waals surface area contributed by atoms with Crippen LogP contribution in [0, 0.1) is 0 Å². The van der Waals surface area contributed by atoms with E-state index in [2.05, 4.69) is 38.3 Å². The summed E-state index contributed by atoms with van der Waals surface area (Å²) < 4.78 is 7.68. The molecule has 0 bridgehead atoms. The van der Waals surface area contributed by atoms with Gasteiger partial charge in [0, 0.05) is 55.4 Å². The van der Waals surface area contributed by atoms with E-state index in [4.69, 9.17) is 9.57 Å².